The summed E-state index contributed by atoms with van der Waals surface area (Å²) < 4.78 is 9.44. The molecule has 0 unspecified atom stereocenters. The van der Waals surface area contributed by atoms with Gasteiger partial charge in [0, 0.05) is 6.42 Å². The average Bonchev–Trinajstić information content (AvgIpc) is 2.44. The van der Waals surface area contributed by atoms with Crippen molar-refractivity contribution in [1.82, 2.24) is 14.9 Å². The number of carbonyl (C=O) groups excluding carboxylic acids is 2. The molecule has 2 aromatic rings. The van der Waals surface area contributed by atoms with E-state index in [9.17, 15) is 14.4 Å². The first-order valence-electron chi connectivity index (χ1n) is 6.76. The number of hydrogen-bond donors (Lipinski definition) is 1. The maximum atomic E-state index is 12.6. The van der Waals surface area contributed by atoms with Gasteiger partial charge in [0.15, 0.2) is 0 Å². The first-order chi connectivity index (χ1) is 9.93. The average molecular weight is 272 g/mol. The van der Waals surface area contributed by atoms with Crippen LogP contribution < -0.4 is 10.9 Å². The first kappa shape index (κ1) is 11.3. The maximum absolute atomic E-state index is 12.6. The van der Waals surface area contributed by atoms with Crippen LogP contribution in [0.15, 0.2) is 29.1 Å². The number of rotatable bonds is 1. The topological polar surface area (TPSA) is 81.1 Å². The van der Waals surface area contributed by atoms with Gasteiger partial charge in [-0.3, -0.25) is 24.3 Å². The molecule has 0 spiro atoms. The molecule has 0 bridgehead atoms. The fourth-order valence-electron chi connectivity index (χ4n) is 2.38. The Morgan fingerprint density at radius 1 is 1.35 bits per heavy atom. The molecule has 6 heteroatoms. The summed E-state index contributed by atoms with van der Waals surface area (Å²) in [5, 5.41) is 2.46. The van der Waals surface area contributed by atoms with Crippen LogP contribution >= 0.6 is 0 Å². The Bertz CT molecular complexity index is 830. The van der Waals surface area contributed by atoms with Crippen LogP contribution in [0.5, 0.6) is 0 Å². The van der Waals surface area contributed by atoms with Gasteiger partial charge >= 0.3 is 0 Å². The molecule has 1 atom stereocenters. The molecule has 0 radical (unpaired) electrons. The van der Waals surface area contributed by atoms with Crippen molar-refractivity contribution >= 4 is 22.7 Å². The second-order valence-corrected chi connectivity index (χ2v) is 4.64. The number of imide groups is 1. The lowest BCUT2D eigenvalue weighted by molar-refractivity contribution is -0.135. The zero-order valence-electron chi connectivity index (χ0n) is 11.8. The third-order valence-electron chi connectivity index (χ3n) is 3.32. The summed E-state index contributed by atoms with van der Waals surface area (Å²) in [4.78, 5) is 40.2. The van der Waals surface area contributed by atoms with Gasteiger partial charge in [-0.05, 0) is 25.5 Å². The van der Waals surface area contributed by atoms with E-state index < -0.39 is 23.4 Å². The summed E-state index contributed by atoms with van der Waals surface area (Å²) in [6.07, 6.45) is -0.0214. The number of hydrogen-bond acceptors (Lipinski definition) is 4. The van der Waals surface area contributed by atoms with Crippen LogP contribution in [0.2, 0.25) is 0 Å². The van der Waals surface area contributed by atoms with Gasteiger partial charge in [-0.15, -0.1) is 0 Å². The van der Waals surface area contributed by atoms with Gasteiger partial charge in [-0.1, -0.05) is 12.1 Å². The highest BCUT2D eigenvalue weighted by atomic mass is 16.2. The van der Waals surface area contributed by atoms with Crippen LogP contribution in [-0.2, 0) is 9.59 Å². The van der Waals surface area contributed by atoms with Crippen molar-refractivity contribution in [2.75, 3.05) is 0 Å². The second kappa shape index (κ2) is 4.56. The molecule has 2 heterocycles. The highest BCUT2D eigenvalue weighted by molar-refractivity contribution is 5.99. The van der Waals surface area contributed by atoms with E-state index in [1.54, 1.807) is 31.2 Å². The highest BCUT2D eigenvalue weighted by Crippen LogP contribution is 2.19. The molecule has 1 fully saturated rings. The van der Waals surface area contributed by atoms with Gasteiger partial charge in [0.05, 0.1) is 12.3 Å². The molecular weight excluding hydrogens is 258 g/mol. The second-order valence-electron chi connectivity index (χ2n) is 4.64. The van der Waals surface area contributed by atoms with Gasteiger partial charge in [0.25, 0.3) is 5.56 Å². The number of fused-ring (bicyclic) bond motifs is 1. The zero-order valence-corrected chi connectivity index (χ0v) is 10.8. The minimum Gasteiger partial charge on any atom is -0.295 e. The summed E-state index contributed by atoms with van der Waals surface area (Å²) in [5.74, 6) is -0.943. The Balaban J connectivity index is 2.27. The van der Waals surface area contributed by atoms with Crippen molar-refractivity contribution < 1.29 is 11.0 Å². The molecule has 1 aromatic heterocycles. The number of aryl methyl sites for hydroxylation is 1. The third kappa shape index (κ3) is 1.89. The van der Waals surface area contributed by atoms with E-state index in [0.29, 0.717) is 10.9 Å². The summed E-state index contributed by atoms with van der Waals surface area (Å²) in [7, 11) is 0. The number of nitrogens with one attached hydrogen (secondary N) is 1. The minimum absolute atomic E-state index is 0.0218. The molecule has 0 saturated carbocycles. The predicted molar refractivity (Wildman–Crippen MR) is 72.2 cm³/mol. The van der Waals surface area contributed by atoms with E-state index in [1.165, 1.54) is 0 Å². The quantitative estimate of drug-likeness (QED) is 0.774. The van der Waals surface area contributed by atoms with Crippen molar-refractivity contribution in [1.29, 1.82) is 0 Å². The van der Waals surface area contributed by atoms with Crippen molar-refractivity contribution in [3.05, 3.63) is 40.4 Å². The molecule has 1 aliphatic heterocycles. The summed E-state index contributed by atoms with van der Waals surface area (Å²) in [6.45, 7) is 1.58. The summed E-state index contributed by atoms with van der Waals surface area (Å²) >= 11 is 0. The number of benzene rings is 1. The van der Waals surface area contributed by atoms with Crippen LogP contribution in [0.1, 0.15) is 26.1 Å². The highest BCUT2D eigenvalue weighted by Gasteiger charge is 2.30. The smallest absolute Gasteiger partial charge is 0.262 e. The van der Waals surface area contributed by atoms with E-state index in [0.717, 1.165) is 4.57 Å². The lowest BCUT2D eigenvalue weighted by Gasteiger charge is -2.24. The van der Waals surface area contributed by atoms with Crippen LogP contribution in [0.25, 0.3) is 10.9 Å². The van der Waals surface area contributed by atoms with E-state index >= 15 is 0 Å². The Labute approximate surface area is 115 Å². The number of piperidine rings is 1. The fraction of sp³-hybridized carbons (Fsp3) is 0.286. The maximum Gasteiger partial charge on any atom is 0.262 e. The van der Waals surface area contributed by atoms with E-state index in [-0.39, 0.29) is 18.7 Å². The SMILES string of the molecule is [2H][C@]1(n2c(C)nc3ccccc3c2=O)CCC(=O)NC1=O. The number of amides is 2. The molecule has 1 aliphatic rings. The van der Waals surface area contributed by atoms with Crippen LogP contribution in [0.3, 0.4) is 0 Å². The van der Waals surface area contributed by atoms with E-state index in [2.05, 4.69) is 10.3 Å². The Morgan fingerprint density at radius 3 is 2.85 bits per heavy atom. The first-order valence-corrected chi connectivity index (χ1v) is 6.26. The normalized spacial score (nSPS) is 23.6. The molecule has 1 aromatic carbocycles. The van der Waals surface area contributed by atoms with Gasteiger partial charge in [-0.2, -0.15) is 0 Å². The molecule has 0 aliphatic carbocycles. The molecule has 3 rings (SSSR count). The van der Waals surface area contributed by atoms with Gasteiger partial charge in [-0.25, -0.2) is 4.98 Å². The standard InChI is InChI=1S/C14H13N3O3/c1-8-15-10-5-3-2-4-9(10)14(20)17(8)11-6-7-12(18)16-13(11)19/h2-5,11H,6-7H2,1H3,(H,16,18,19)/t11-/m0/s1/i11D. The summed E-state index contributed by atoms with van der Waals surface area (Å²) in [6, 6.07) is 4.93. The minimum atomic E-state index is -1.84. The van der Waals surface area contributed by atoms with Crippen molar-refractivity contribution in [2.24, 2.45) is 0 Å². The van der Waals surface area contributed by atoms with Crippen LogP contribution in [0, 0.1) is 6.92 Å². The van der Waals surface area contributed by atoms with Crippen molar-refractivity contribution in [3.8, 4) is 0 Å². The molecule has 2 amide bonds. The Kier molecular flexibility index (Phi) is 2.58. The molecule has 1 N–H and O–H groups in total. The van der Waals surface area contributed by atoms with Crippen molar-refractivity contribution in [3.63, 3.8) is 0 Å². The van der Waals surface area contributed by atoms with E-state index in [1.807, 2.05) is 0 Å². The largest absolute Gasteiger partial charge is 0.295 e. The number of nitrogens with zero attached hydrogens (tertiary/aromatic N) is 2. The number of aromatic nitrogens is 2. The number of para-hydroxylation sites is 1. The van der Waals surface area contributed by atoms with Gasteiger partial charge < -0.3 is 0 Å². The molecular formula is C14H13N3O3. The van der Waals surface area contributed by atoms with Crippen molar-refractivity contribution in [2.45, 2.75) is 25.8 Å². The molecule has 102 valence electrons. The number of carbonyl (C=O) groups is 2. The molecule has 1 saturated heterocycles. The van der Waals surface area contributed by atoms with Crippen LogP contribution in [-0.4, -0.2) is 21.4 Å². The monoisotopic (exact) mass is 272 g/mol. The molecule has 6 nitrogen and oxygen atoms in total. The zero-order chi connectivity index (χ0) is 15.2. The Hall–Kier alpha value is -2.50. The lowest BCUT2D eigenvalue weighted by Crippen LogP contribution is -2.45. The van der Waals surface area contributed by atoms with Gasteiger partial charge in [0.1, 0.15) is 11.8 Å². The van der Waals surface area contributed by atoms with Crippen LogP contribution in [0.4, 0.5) is 0 Å². The third-order valence-corrected chi connectivity index (χ3v) is 3.32. The fourth-order valence-corrected chi connectivity index (χ4v) is 2.38. The van der Waals surface area contributed by atoms with Gasteiger partial charge in [0.2, 0.25) is 11.8 Å². The predicted octanol–water partition coefficient (Wildman–Crippen LogP) is 0.683. The molecule has 20 heavy (non-hydrogen) atoms. The Morgan fingerprint density at radius 2 is 2.10 bits per heavy atom. The van der Waals surface area contributed by atoms with E-state index in [4.69, 9.17) is 1.37 Å². The summed E-state index contributed by atoms with van der Waals surface area (Å²) in [5.41, 5.74) is 0.0738. The lowest BCUT2D eigenvalue weighted by atomic mass is 10.1.